The second-order valence-corrected chi connectivity index (χ2v) is 9.33. The third-order valence-corrected chi connectivity index (χ3v) is 6.53. The monoisotopic (exact) mass is 526 g/mol. The molecule has 0 aliphatic carbocycles. The molecule has 0 radical (unpaired) electrons. The minimum absolute atomic E-state index is 0.0792. The lowest BCUT2D eigenvalue weighted by atomic mass is 9.96. The minimum Gasteiger partial charge on any atom is -0.493 e. The van der Waals surface area contributed by atoms with Crippen molar-refractivity contribution < 1.29 is 27.4 Å². The maximum absolute atomic E-state index is 14.3. The zero-order valence-electron chi connectivity index (χ0n) is 21.5. The molecule has 2 amide bonds. The molecule has 1 heterocycles. The average molecular weight is 527 g/mol. The summed E-state index contributed by atoms with van der Waals surface area (Å²) >= 11 is 0. The Balaban J connectivity index is 1.59. The van der Waals surface area contributed by atoms with Crippen molar-refractivity contribution in [2.45, 2.75) is 45.1 Å². The summed E-state index contributed by atoms with van der Waals surface area (Å²) in [5.41, 5.74) is 2.50. The van der Waals surface area contributed by atoms with Crippen LogP contribution in [0.5, 0.6) is 5.75 Å². The van der Waals surface area contributed by atoms with Crippen LogP contribution in [0.3, 0.4) is 0 Å². The van der Waals surface area contributed by atoms with Crippen LogP contribution in [0.1, 0.15) is 50.6 Å². The number of benzene rings is 3. The summed E-state index contributed by atoms with van der Waals surface area (Å²) in [6, 6.07) is 14.3. The predicted molar refractivity (Wildman–Crippen MR) is 142 cm³/mol. The van der Waals surface area contributed by atoms with Gasteiger partial charge in [0.05, 0.1) is 18.3 Å². The van der Waals surface area contributed by atoms with Crippen LogP contribution >= 0.6 is 0 Å². The zero-order valence-corrected chi connectivity index (χ0v) is 21.5. The number of fused-ring (bicyclic) bond motifs is 1. The van der Waals surface area contributed by atoms with Gasteiger partial charge in [0.15, 0.2) is 0 Å². The molecule has 1 N–H and O–H groups in total. The van der Waals surface area contributed by atoms with Gasteiger partial charge in [0.25, 0.3) is 0 Å². The van der Waals surface area contributed by atoms with E-state index in [9.17, 15) is 18.0 Å². The lowest BCUT2D eigenvalue weighted by molar-refractivity contribution is 0.126. The number of carbonyl (C=O) groups is 1. The number of unbranched alkanes of at least 4 members (excludes halogenated alkanes) is 1. The number of ether oxygens (including phenoxy) is 2. The number of rotatable bonds is 10. The number of carbonyl (C=O) groups excluding carboxylic acids is 1. The van der Waals surface area contributed by atoms with Gasteiger partial charge in [0.1, 0.15) is 23.2 Å². The van der Waals surface area contributed by atoms with E-state index >= 15 is 0 Å². The first kappa shape index (κ1) is 27.5. The van der Waals surface area contributed by atoms with E-state index in [1.54, 1.807) is 17.0 Å². The number of anilines is 1. The highest BCUT2D eigenvalue weighted by Crippen LogP contribution is 2.39. The molecule has 3 aromatic rings. The summed E-state index contributed by atoms with van der Waals surface area (Å²) in [6.07, 6.45) is 3.79. The average Bonchev–Trinajstić information content (AvgIpc) is 3.12. The summed E-state index contributed by atoms with van der Waals surface area (Å²) in [4.78, 5) is 15.2. The largest absolute Gasteiger partial charge is 0.493 e. The van der Waals surface area contributed by atoms with Gasteiger partial charge in [0, 0.05) is 31.4 Å². The number of amides is 2. The molecule has 1 unspecified atom stereocenters. The number of hydrogen-bond acceptors (Lipinski definition) is 3. The van der Waals surface area contributed by atoms with Gasteiger partial charge in [-0.25, -0.2) is 18.0 Å². The van der Waals surface area contributed by atoms with Gasteiger partial charge in [-0.2, -0.15) is 0 Å². The minimum atomic E-state index is -0.834. The van der Waals surface area contributed by atoms with Gasteiger partial charge >= 0.3 is 6.03 Å². The maximum Gasteiger partial charge on any atom is 0.322 e. The Morgan fingerprint density at radius 3 is 2.50 bits per heavy atom. The van der Waals surface area contributed by atoms with E-state index in [-0.39, 0.29) is 17.5 Å². The van der Waals surface area contributed by atoms with Crippen LogP contribution in [0, 0.1) is 17.5 Å². The van der Waals surface area contributed by atoms with Crippen LogP contribution in [0.4, 0.5) is 23.7 Å². The second kappa shape index (κ2) is 13.3. The van der Waals surface area contributed by atoms with E-state index in [0.717, 1.165) is 48.1 Å². The van der Waals surface area contributed by atoms with Crippen LogP contribution in [0.15, 0.2) is 60.7 Å². The number of hydrogen-bond donors (Lipinski definition) is 1. The molecular formula is C30H33F3N2O3. The molecule has 1 aliphatic rings. The predicted octanol–water partition coefficient (Wildman–Crippen LogP) is 7.73. The molecule has 8 heteroatoms. The lowest BCUT2D eigenvalue weighted by Gasteiger charge is -2.32. The van der Waals surface area contributed by atoms with Crippen LogP contribution < -0.4 is 10.1 Å². The number of nitrogens with zero attached hydrogens (tertiary/aromatic N) is 1. The van der Waals surface area contributed by atoms with Crippen LogP contribution in [0.25, 0.3) is 11.1 Å². The summed E-state index contributed by atoms with van der Waals surface area (Å²) in [5.74, 6) is -1.19. The fourth-order valence-corrected chi connectivity index (χ4v) is 4.60. The Hall–Kier alpha value is -3.52. The van der Waals surface area contributed by atoms with Gasteiger partial charge in [-0.05, 0) is 73.6 Å². The molecular weight excluding hydrogens is 493 g/mol. The van der Waals surface area contributed by atoms with Crippen molar-refractivity contribution in [2.24, 2.45) is 0 Å². The Kier molecular flexibility index (Phi) is 9.65. The van der Waals surface area contributed by atoms with Crippen molar-refractivity contribution in [1.29, 1.82) is 0 Å². The third-order valence-electron chi connectivity index (χ3n) is 6.53. The molecule has 4 rings (SSSR count). The molecule has 0 spiro atoms. The molecule has 0 bridgehead atoms. The second-order valence-electron chi connectivity index (χ2n) is 9.33. The van der Waals surface area contributed by atoms with E-state index in [0.29, 0.717) is 45.0 Å². The van der Waals surface area contributed by atoms with E-state index < -0.39 is 17.7 Å². The standard InChI is InChI=1S/C30H33F3N2O3/c1-2-16-37-17-4-3-15-35(30(36)34-27-14-12-24(32)20-26(27)33)28-6-5-18-38-29-19-22(9-13-25(28)29)21-7-10-23(31)11-8-21/h7-14,19-20,28H,2-6,15-18H2,1H3,(H,34,36). The number of halogens is 3. The molecule has 0 saturated heterocycles. The SMILES string of the molecule is CCCOCCCCN(C(=O)Nc1ccc(F)cc1F)C1CCCOc2cc(-c3ccc(F)cc3)ccc21. The van der Waals surface area contributed by atoms with Crippen LogP contribution in [0.2, 0.25) is 0 Å². The van der Waals surface area contributed by atoms with E-state index in [1.165, 1.54) is 18.2 Å². The molecule has 1 atom stereocenters. The first-order valence-corrected chi connectivity index (χ1v) is 13.1. The Bertz CT molecular complexity index is 1220. The normalized spacial score (nSPS) is 14.8. The Morgan fingerprint density at radius 2 is 1.74 bits per heavy atom. The summed E-state index contributed by atoms with van der Waals surface area (Å²) in [7, 11) is 0. The van der Waals surface area contributed by atoms with E-state index in [4.69, 9.17) is 9.47 Å². The molecule has 0 saturated carbocycles. The summed E-state index contributed by atoms with van der Waals surface area (Å²) < 4.78 is 52.8. The third kappa shape index (κ3) is 7.07. The smallest absolute Gasteiger partial charge is 0.322 e. The van der Waals surface area contributed by atoms with Crippen molar-refractivity contribution in [3.63, 3.8) is 0 Å². The molecule has 5 nitrogen and oxygen atoms in total. The van der Waals surface area contributed by atoms with Crippen molar-refractivity contribution >= 4 is 11.7 Å². The first-order valence-electron chi connectivity index (χ1n) is 13.1. The van der Waals surface area contributed by atoms with Crippen LogP contribution in [-0.4, -0.2) is 37.3 Å². The highest BCUT2D eigenvalue weighted by molar-refractivity contribution is 5.90. The van der Waals surface area contributed by atoms with Gasteiger partial charge in [-0.3, -0.25) is 0 Å². The highest BCUT2D eigenvalue weighted by atomic mass is 19.1. The van der Waals surface area contributed by atoms with Crippen molar-refractivity contribution in [3.05, 3.63) is 83.7 Å². The van der Waals surface area contributed by atoms with Gasteiger partial charge in [-0.15, -0.1) is 0 Å². The quantitative estimate of drug-likeness (QED) is 0.275. The summed E-state index contributed by atoms with van der Waals surface area (Å²) in [6.45, 7) is 4.25. The lowest BCUT2D eigenvalue weighted by Crippen LogP contribution is -2.39. The van der Waals surface area contributed by atoms with Crippen molar-refractivity contribution in [3.8, 4) is 16.9 Å². The Labute approximate surface area is 221 Å². The van der Waals surface area contributed by atoms with Crippen LogP contribution in [-0.2, 0) is 4.74 Å². The summed E-state index contributed by atoms with van der Waals surface area (Å²) in [5, 5.41) is 2.63. The number of urea groups is 1. The first-order chi connectivity index (χ1) is 18.5. The molecule has 0 aromatic heterocycles. The molecule has 3 aromatic carbocycles. The maximum atomic E-state index is 14.3. The zero-order chi connectivity index (χ0) is 26.9. The van der Waals surface area contributed by atoms with Crippen molar-refractivity contribution in [1.82, 2.24) is 4.90 Å². The fourth-order valence-electron chi connectivity index (χ4n) is 4.60. The molecule has 1 aliphatic heterocycles. The topological polar surface area (TPSA) is 50.8 Å². The fraction of sp³-hybridized carbons (Fsp3) is 0.367. The molecule has 38 heavy (non-hydrogen) atoms. The Morgan fingerprint density at radius 1 is 0.974 bits per heavy atom. The highest BCUT2D eigenvalue weighted by Gasteiger charge is 2.30. The van der Waals surface area contributed by atoms with E-state index in [2.05, 4.69) is 5.32 Å². The van der Waals surface area contributed by atoms with Crippen molar-refractivity contribution in [2.75, 3.05) is 31.7 Å². The molecule has 0 fully saturated rings. The van der Waals surface area contributed by atoms with Gasteiger partial charge < -0.3 is 19.7 Å². The van der Waals surface area contributed by atoms with Gasteiger partial charge in [0.2, 0.25) is 0 Å². The number of nitrogens with one attached hydrogen (secondary N) is 1. The molecule has 202 valence electrons. The van der Waals surface area contributed by atoms with Gasteiger partial charge in [-0.1, -0.05) is 31.2 Å². The van der Waals surface area contributed by atoms with E-state index in [1.807, 2.05) is 25.1 Å².